The summed E-state index contributed by atoms with van der Waals surface area (Å²) in [6, 6.07) is 14.2. The van der Waals surface area contributed by atoms with Crippen LogP contribution >= 0.6 is 11.6 Å². The van der Waals surface area contributed by atoms with Crippen LogP contribution in [0.25, 0.3) is 0 Å². The number of hydrogen-bond acceptors (Lipinski definition) is 6. The first kappa shape index (κ1) is 26.8. The highest BCUT2D eigenvalue weighted by Gasteiger charge is 2.29. The minimum absolute atomic E-state index is 0.0827. The number of carbonyl (C=O) groups excluding carboxylic acids is 3. The van der Waals surface area contributed by atoms with Crippen molar-refractivity contribution in [2.75, 3.05) is 19.3 Å². The Morgan fingerprint density at radius 3 is 2.35 bits per heavy atom. The number of nitrogens with one attached hydrogen (secondary N) is 4. The van der Waals surface area contributed by atoms with Gasteiger partial charge in [0.05, 0.1) is 18.9 Å². The highest BCUT2D eigenvalue weighted by atomic mass is 35.5. The highest BCUT2D eigenvalue weighted by molar-refractivity contribution is 7.88. The number of benzene rings is 2. The zero-order valence-corrected chi connectivity index (χ0v) is 19.8. The first-order chi connectivity index (χ1) is 16.1. The minimum atomic E-state index is -3.81. The molecule has 0 bridgehead atoms. The maximum absolute atomic E-state index is 13.1. The molecule has 2 aromatic rings. The Morgan fingerprint density at radius 2 is 1.74 bits per heavy atom. The first-order valence-corrected chi connectivity index (χ1v) is 12.3. The van der Waals surface area contributed by atoms with Crippen LogP contribution in [0.1, 0.15) is 17.2 Å². The van der Waals surface area contributed by atoms with Gasteiger partial charge in [-0.2, -0.15) is 9.98 Å². The standard InChI is InChI=1S/C22H24ClN5O5S/c1-34(32,33)28-20(16-8-5-9-17(23)13-16)22(31)27-18(12-15-6-3-2-4-7-15)21(30)26-14-19(29)25-11-10-24/h2-9,13,18,20,28H,11-12,14H2,1H3,(H,25,29)(H,26,30)(H,27,31). The van der Waals surface area contributed by atoms with Crippen molar-refractivity contribution in [2.24, 2.45) is 0 Å². The Hall–Kier alpha value is -3.46. The molecule has 0 spiro atoms. The Bertz CT molecular complexity index is 1170. The number of hydrogen-bond donors (Lipinski definition) is 4. The van der Waals surface area contributed by atoms with Gasteiger partial charge in [-0.1, -0.05) is 54.1 Å². The molecule has 2 rings (SSSR count). The normalized spacial score (nSPS) is 12.6. The number of halogens is 1. The van der Waals surface area contributed by atoms with E-state index in [1.165, 1.54) is 12.1 Å². The molecule has 2 unspecified atom stereocenters. The molecule has 0 fully saturated rings. The maximum atomic E-state index is 13.1. The van der Waals surface area contributed by atoms with Crippen molar-refractivity contribution in [3.63, 3.8) is 0 Å². The zero-order chi connectivity index (χ0) is 25.1. The van der Waals surface area contributed by atoms with E-state index in [9.17, 15) is 22.8 Å². The van der Waals surface area contributed by atoms with Crippen molar-refractivity contribution in [1.82, 2.24) is 20.7 Å². The average Bonchev–Trinajstić information content (AvgIpc) is 2.79. The van der Waals surface area contributed by atoms with Gasteiger partial charge in [0.1, 0.15) is 18.6 Å². The van der Waals surface area contributed by atoms with Gasteiger partial charge in [0, 0.05) is 11.4 Å². The molecule has 0 radical (unpaired) electrons. The zero-order valence-electron chi connectivity index (χ0n) is 18.2. The molecule has 0 saturated carbocycles. The van der Waals surface area contributed by atoms with Crippen molar-refractivity contribution < 1.29 is 22.8 Å². The highest BCUT2D eigenvalue weighted by Crippen LogP contribution is 2.19. The fourth-order valence-electron chi connectivity index (χ4n) is 2.98. The lowest BCUT2D eigenvalue weighted by Crippen LogP contribution is -2.52. The van der Waals surface area contributed by atoms with Crippen LogP contribution in [0.2, 0.25) is 5.02 Å². The second kappa shape index (κ2) is 12.7. The summed E-state index contributed by atoms with van der Waals surface area (Å²) in [5.41, 5.74) is 1.01. The monoisotopic (exact) mass is 505 g/mol. The number of nitrogens with zero attached hydrogens (tertiary/aromatic N) is 1. The molecule has 0 aromatic heterocycles. The predicted molar refractivity (Wildman–Crippen MR) is 126 cm³/mol. The Kier molecular flexibility index (Phi) is 10.0. The van der Waals surface area contributed by atoms with Crippen LogP contribution in [0.3, 0.4) is 0 Å². The minimum Gasteiger partial charge on any atom is -0.345 e. The third-order valence-corrected chi connectivity index (χ3v) is 5.38. The van der Waals surface area contributed by atoms with Crippen LogP contribution < -0.4 is 20.7 Å². The van der Waals surface area contributed by atoms with Crippen molar-refractivity contribution >= 4 is 39.3 Å². The van der Waals surface area contributed by atoms with E-state index in [1.807, 2.05) is 0 Å². The molecule has 0 aliphatic heterocycles. The van der Waals surface area contributed by atoms with Gasteiger partial charge in [0.15, 0.2) is 0 Å². The van der Waals surface area contributed by atoms with E-state index < -0.39 is 46.4 Å². The van der Waals surface area contributed by atoms with E-state index in [2.05, 4.69) is 20.7 Å². The quantitative estimate of drug-likeness (QED) is 0.324. The second-order valence-corrected chi connectivity index (χ2v) is 9.50. The van der Waals surface area contributed by atoms with Crippen LogP contribution in [0.15, 0.2) is 54.6 Å². The Labute approximate surface area is 202 Å². The molecular formula is C22H24ClN5O5S. The van der Waals surface area contributed by atoms with Gasteiger partial charge in [-0.25, -0.2) is 8.42 Å². The molecule has 0 aliphatic rings. The van der Waals surface area contributed by atoms with Crippen LogP contribution in [0, 0.1) is 11.3 Å². The number of sulfonamides is 1. The van der Waals surface area contributed by atoms with Gasteiger partial charge in [0.25, 0.3) is 0 Å². The third kappa shape index (κ3) is 9.19. The fourth-order valence-corrected chi connectivity index (χ4v) is 3.85. The smallest absolute Gasteiger partial charge is 0.243 e. The molecule has 0 heterocycles. The summed E-state index contributed by atoms with van der Waals surface area (Å²) in [6.07, 6.45) is 0.991. The lowest BCUT2D eigenvalue weighted by Gasteiger charge is -2.23. The fraction of sp³-hybridized carbons (Fsp3) is 0.273. The summed E-state index contributed by atoms with van der Waals surface area (Å²) >= 11 is 6.00. The van der Waals surface area contributed by atoms with Gasteiger partial charge in [-0.15, -0.1) is 0 Å². The van der Waals surface area contributed by atoms with Gasteiger partial charge >= 0.3 is 0 Å². The lowest BCUT2D eigenvalue weighted by molar-refractivity contribution is -0.131. The van der Waals surface area contributed by atoms with Gasteiger partial charge in [0.2, 0.25) is 27.7 Å². The van der Waals surface area contributed by atoms with E-state index in [0.717, 1.165) is 11.8 Å². The molecule has 4 N–H and O–H groups in total. The molecule has 0 aliphatic carbocycles. The number of rotatable bonds is 11. The van der Waals surface area contributed by atoms with Gasteiger partial charge < -0.3 is 16.0 Å². The molecule has 3 amide bonds. The summed E-state index contributed by atoms with van der Waals surface area (Å²) in [7, 11) is -3.81. The number of amides is 3. The van der Waals surface area contributed by atoms with E-state index in [0.29, 0.717) is 5.02 Å². The number of carbonyl (C=O) groups is 3. The van der Waals surface area contributed by atoms with E-state index in [1.54, 1.807) is 48.5 Å². The summed E-state index contributed by atoms with van der Waals surface area (Å²) in [5.74, 6) is -2.01. The lowest BCUT2D eigenvalue weighted by atomic mass is 10.0. The molecule has 12 heteroatoms. The van der Waals surface area contributed by atoms with Crippen molar-refractivity contribution in [1.29, 1.82) is 5.26 Å². The van der Waals surface area contributed by atoms with Crippen LogP contribution in [-0.4, -0.2) is 51.5 Å². The molecule has 34 heavy (non-hydrogen) atoms. The van der Waals surface area contributed by atoms with E-state index in [-0.39, 0.29) is 18.5 Å². The second-order valence-electron chi connectivity index (χ2n) is 7.28. The Balaban J connectivity index is 2.25. The average molecular weight is 506 g/mol. The van der Waals surface area contributed by atoms with Crippen LogP contribution in [-0.2, 0) is 30.8 Å². The number of nitriles is 1. The largest absolute Gasteiger partial charge is 0.345 e. The summed E-state index contributed by atoms with van der Waals surface area (Å²) in [5, 5.41) is 16.1. The SMILES string of the molecule is CS(=O)(=O)NC(C(=O)NC(Cc1ccccc1)C(=O)NCC(=O)NCC#N)c1cccc(Cl)c1. The van der Waals surface area contributed by atoms with Crippen LogP contribution in [0.5, 0.6) is 0 Å². The van der Waals surface area contributed by atoms with Crippen molar-refractivity contribution in [2.45, 2.75) is 18.5 Å². The molecule has 0 saturated heterocycles. The summed E-state index contributed by atoms with van der Waals surface area (Å²) < 4.78 is 26.1. The molecule has 2 atom stereocenters. The van der Waals surface area contributed by atoms with Crippen molar-refractivity contribution in [3.05, 3.63) is 70.7 Å². The Morgan fingerprint density at radius 1 is 1.03 bits per heavy atom. The summed E-state index contributed by atoms with van der Waals surface area (Å²) in [6.45, 7) is -0.613. The molecule has 10 nitrogen and oxygen atoms in total. The van der Waals surface area contributed by atoms with Crippen LogP contribution in [0.4, 0.5) is 0 Å². The van der Waals surface area contributed by atoms with Gasteiger partial charge in [-0.05, 0) is 23.3 Å². The molecular weight excluding hydrogens is 482 g/mol. The molecule has 180 valence electrons. The molecule has 2 aromatic carbocycles. The van der Waals surface area contributed by atoms with E-state index >= 15 is 0 Å². The van der Waals surface area contributed by atoms with Gasteiger partial charge in [-0.3, -0.25) is 14.4 Å². The topological polar surface area (TPSA) is 157 Å². The summed E-state index contributed by atoms with van der Waals surface area (Å²) in [4.78, 5) is 37.7. The predicted octanol–water partition coefficient (Wildman–Crippen LogP) is 0.414. The third-order valence-electron chi connectivity index (χ3n) is 4.48. The first-order valence-electron chi connectivity index (χ1n) is 10.1. The van der Waals surface area contributed by atoms with Crippen molar-refractivity contribution in [3.8, 4) is 6.07 Å². The maximum Gasteiger partial charge on any atom is 0.243 e. The van der Waals surface area contributed by atoms with E-state index in [4.69, 9.17) is 16.9 Å².